The quantitative estimate of drug-likeness (QED) is 0.0835. The van der Waals surface area contributed by atoms with E-state index in [-0.39, 0.29) is 13.2 Å². The zero-order valence-corrected chi connectivity index (χ0v) is 21.9. The molecule has 8 heteroatoms. The highest BCUT2D eigenvalue weighted by Gasteiger charge is 2.46. The van der Waals surface area contributed by atoms with Gasteiger partial charge in [-0.2, -0.15) is 0 Å². The second-order valence-electron chi connectivity index (χ2n) is 8.06. The first kappa shape index (κ1) is 26.4. The third kappa shape index (κ3) is 7.67. The molecule has 0 unspecified atom stereocenters. The summed E-state index contributed by atoms with van der Waals surface area (Å²) in [5.74, 6) is 0.327. The number of rotatable bonds is 12. The summed E-state index contributed by atoms with van der Waals surface area (Å²) in [5, 5.41) is 0. The van der Waals surface area contributed by atoms with Crippen LogP contribution in [0.4, 0.5) is 0 Å². The number of hydrogen-bond acceptors (Lipinski definition) is 7. The number of nitrogens with zero attached hydrogens (tertiary/aromatic N) is 1. The maximum Gasteiger partial charge on any atom is 0.410 e. The Morgan fingerprint density at radius 2 is 1.30 bits per heavy atom. The van der Waals surface area contributed by atoms with E-state index in [9.17, 15) is 9.36 Å². The number of benzene rings is 4. The van der Waals surface area contributed by atoms with Crippen molar-refractivity contribution in [2.45, 2.75) is 24.1 Å². The van der Waals surface area contributed by atoms with E-state index in [0.717, 1.165) is 16.0 Å². The maximum absolute atomic E-state index is 13.0. The predicted molar refractivity (Wildman–Crippen MR) is 144 cm³/mol. The van der Waals surface area contributed by atoms with Crippen LogP contribution < -0.4 is 9.47 Å². The van der Waals surface area contributed by atoms with Gasteiger partial charge in [0.15, 0.2) is 0 Å². The minimum absolute atomic E-state index is 0.115. The summed E-state index contributed by atoms with van der Waals surface area (Å²) in [4.78, 5) is 13.9. The van der Waals surface area contributed by atoms with Crippen LogP contribution in [0.5, 0.6) is 11.5 Å². The standard InChI is InChI=1S/C29H26NO5PS/c1-23-17-19-27(20-18-23)37-30(21-28(31)33-22-24-11-5-2-6-12-24)29(36-32,34-25-13-7-3-8-14-25)35-26-15-9-4-10-16-26/h2-20H,21-22H2,1H3. The SMILES string of the molecule is Cc1ccc(SN(CC(=O)OCc2ccccc2)C(Oc2ccccc2)(Oc2ccccc2)P=O)cc1. The molecule has 6 nitrogen and oxygen atoms in total. The Balaban J connectivity index is 1.67. The van der Waals surface area contributed by atoms with Gasteiger partial charge in [-0.1, -0.05) is 84.4 Å². The molecule has 0 bridgehead atoms. The molecule has 0 aliphatic carbocycles. The molecule has 0 N–H and O–H groups in total. The van der Waals surface area contributed by atoms with Crippen LogP contribution in [-0.4, -0.2) is 22.5 Å². The zero-order chi connectivity index (χ0) is 25.9. The van der Waals surface area contributed by atoms with Crippen molar-refractivity contribution in [1.29, 1.82) is 0 Å². The molecule has 0 amide bonds. The molecule has 0 atom stereocenters. The first-order valence-corrected chi connectivity index (χ1v) is 13.2. The molecule has 0 spiro atoms. The molecule has 0 saturated heterocycles. The summed E-state index contributed by atoms with van der Waals surface area (Å²) in [6.07, 6.45) is 0. The molecule has 4 aromatic carbocycles. The van der Waals surface area contributed by atoms with Crippen molar-refractivity contribution >= 4 is 26.4 Å². The second kappa shape index (κ2) is 13.1. The van der Waals surface area contributed by atoms with Crippen LogP contribution in [0, 0.1) is 6.92 Å². The molecular formula is C29H26NO5PS. The van der Waals surface area contributed by atoms with Gasteiger partial charge in [0.1, 0.15) is 24.7 Å². The van der Waals surface area contributed by atoms with E-state index in [1.807, 2.05) is 73.7 Å². The number of carbonyl (C=O) groups excluding carboxylic acids is 1. The summed E-state index contributed by atoms with van der Waals surface area (Å²) in [7, 11) is -0.513. The van der Waals surface area contributed by atoms with Crippen molar-refractivity contribution < 1.29 is 23.6 Å². The Labute approximate surface area is 222 Å². The lowest BCUT2D eigenvalue weighted by Crippen LogP contribution is -2.52. The van der Waals surface area contributed by atoms with E-state index < -0.39 is 20.1 Å². The van der Waals surface area contributed by atoms with Gasteiger partial charge in [-0.15, -0.1) is 4.31 Å². The number of para-hydroxylation sites is 2. The van der Waals surface area contributed by atoms with Gasteiger partial charge in [0, 0.05) is 4.90 Å². The normalized spacial score (nSPS) is 11.3. The van der Waals surface area contributed by atoms with Crippen LogP contribution in [0.2, 0.25) is 0 Å². The van der Waals surface area contributed by atoms with Crippen molar-refractivity contribution in [3.63, 3.8) is 0 Å². The molecule has 4 aromatic rings. The third-order valence-electron chi connectivity index (χ3n) is 5.17. The maximum atomic E-state index is 13.0. The van der Waals surface area contributed by atoms with Crippen LogP contribution in [0.1, 0.15) is 11.1 Å². The number of ether oxygens (including phenoxy) is 3. The van der Waals surface area contributed by atoms with Crippen LogP contribution >= 0.6 is 20.4 Å². The molecule has 0 aromatic heterocycles. The fraction of sp³-hybridized carbons (Fsp3) is 0.138. The smallest absolute Gasteiger partial charge is 0.410 e. The van der Waals surface area contributed by atoms with E-state index in [1.54, 1.807) is 48.5 Å². The van der Waals surface area contributed by atoms with Gasteiger partial charge in [0.2, 0.25) is 0 Å². The van der Waals surface area contributed by atoms with Gasteiger partial charge >= 0.3 is 11.6 Å². The lowest BCUT2D eigenvalue weighted by atomic mass is 10.2. The Bertz CT molecular complexity index is 1230. The fourth-order valence-electron chi connectivity index (χ4n) is 3.31. The van der Waals surface area contributed by atoms with E-state index in [4.69, 9.17) is 14.2 Å². The number of esters is 1. The molecular weight excluding hydrogens is 505 g/mol. The second-order valence-corrected chi connectivity index (χ2v) is 9.90. The van der Waals surface area contributed by atoms with Crippen molar-refractivity contribution in [2.75, 3.05) is 6.54 Å². The van der Waals surface area contributed by atoms with Crippen LogP contribution in [0.15, 0.2) is 120 Å². The largest absolute Gasteiger partial charge is 0.460 e. The monoisotopic (exact) mass is 531 g/mol. The number of aryl methyl sites for hydroxylation is 1. The van der Waals surface area contributed by atoms with Gasteiger partial charge in [-0.05, 0) is 60.8 Å². The van der Waals surface area contributed by atoms with E-state index in [0.29, 0.717) is 11.5 Å². The molecule has 0 radical (unpaired) electrons. The minimum atomic E-state index is -1.88. The van der Waals surface area contributed by atoms with Gasteiger partial charge in [0.25, 0.3) is 8.46 Å². The van der Waals surface area contributed by atoms with Crippen molar-refractivity contribution in [2.24, 2.45) is 0 Å². The molecule has 4 rings (SSSR count). The summed E-state index contributed by atoms with van der Waals surface area (Å²) in [6, 6.07) is 35.0. The first-order valence-electron chi connectivity index (χ1n) is 11.6. The predicted octanol–water partition coefficient (Wildman–Crippen LogP) is 7.11. The Morgan fingerprint density at radius 1 is 0.784 bits per heavy atom. The fourth-order valence-corrected chi connectivity index (χ4v) is 4.85. The highest BCUT2D eigenvalue weighted by atomic mass is 32.2. The zero-order valence-electron chi connectivity index (χ0n) is 20.2. The van der Waals surface area contributed by atoms with Crippen molar-refractivity contribution in [3.8, 4) is 11.5 Å². The Morgan fingerprint density at radius 3 is 1.81 bits per heavy atom. The van der Waals surface area contributed by atoms with Crippen LogP contribution in [-0.2, 0) is 20.7 Å². The number of carbonyl (C=O) groups is 1. The minimum Gasteiger partial charge on any atom is -0.460 e. The van der Waals surface area contributed by atoms with Crippen LogP contribution in [0.3, 0.4) is 0 Å². The van der Waals surface area contributed by atoms with E-state index >= 15 is 0 Å². The van der Waals surface area contributed by atoms with Gasteiger partial charge in [-0.25, -0.2) is 0 Å². The van der Waals surface area contributed by atoms with Crippen LogP contribution in [0.25, 0.3) is 0 Å². The molecule has 0 fully saturated rings. The molecule has 37 heavy (non-hydrogen) atoms. The summed E-state index contributed by atoms with van der Waals surface area (Å²) in [6.45, 7) is 1.84. The Hall–Kier alpha value is -3.64. The summed E-state index contributed by atoms with van der Waals surface area (Å²) in [5.41, 5.74) is 0.0691. The van der Waals surface area contributed by atoms with Gasteiger partial charge in [-0.3, -0.25) is 9.36 Å². The highest BCUT2D eigenvalue weighted by molar-refractivity contribution is 7.97. The van der Waals surface area contributed by atoms with Gasteiger partial charge < -0.3 is 14.2 Å². The Kier molecular flexibility index (Phi) is 9.33. The summed E-state index contributed by atoms with van der Waals surface area (Å²) >= 11 is 1.19. The van der Waals surface area contributed by atoms with E-state index in [1.165, 1.54) is 16.3 Å². The van der Waals surface area contributed by atoms with Crippen molar-refractivity contribution in [1.82, 2.24) is 4.31 Å². The topological polar surface area (TPSA) is 65.1 Å². The average molecular weight is 532 g/mol. The molecule has 0 heterocycles. The number of hydrogen-bond donors (Lipinski definition) is 0. The molecule has 0 saturated carbocycles. The lowest BCUT2D eigenvalue weighted by Gasteiger charge is -2.36. The average Bonchev–Trinajstić information content (AvgIpc) is 2.94. The molecule has 188 valence electrons. The van der Waals surface area contributed by atoms with Crippen molar-refractivity contribution in [3.05, 3.63) is 126 Å². The highest BCUT2D eigenvalue weighted by Crippen LogP contribution is 2.40. The molecule has 0 aliphatic rings. The first-order chi connectivity index (χ1) is 18.1. The lowest BCUT2D eigenvalue weighted by molar-refractivity contribution is -0.155. The molecule has 0 aliphatic heterocycles. The summed E-state index contributed by atoms with van der Waals surface area (Å²) < 4.78 is 32.4. The van der Waals surface area contributed by atoms with Gasteiger partial charge in [0.05, 0.1) is 0 Å². The van der Waals surface area contributed by atoms with E-state index in [2.05, 4.69) is 0 Å². The third-order valence-corrected chi connectivity index (χ3v) is 7.03.